The lowest BCUT2D eigenvalue weighted by Crippen LogP contribution is -2.50. The number of carbonyl (C=O) groups is 1. The standard InChI is InChI=1S/C15H29N3O2/c1-20-12-15(7-9-16-10-8-15)11-17-14(19)18-13-5-3-2-4-6-13/h13,16H,2-12H2,1H3,(H2,17,18,19). The minimum absolute atomic E-state index is 0.00842. The molecule has 0 bridgehead atoms. The molecule has 5 nitrogen and oxygen atoms in total. The third-order valence-corrected chi connectivity index (χ3v) is 4.68. The molecule has 1 aliphatic carbocycles. The average molecular weight is 283 g/mol. The summed E-state index contributed by atoms with van der Waals surface area (Å²) < 4.78 is 5.37. The van der Waals surface area contributed by atoms with Gasteiger partial charge in [-0.25, -0.2) is 4.79 Å². The lowest BCUT2D eigenvalue weighted by atomic mass is 9.79. The quantitative estimate of drug-likeness (QED) is 0.719. The van der Waals surface area contributed by atoms with Crippen molar-refractivity contribution in [3.05, 3.63) is 0 Å². The Morgan fingerprint density at radius 2 is 1.95 bits per heavy atom. The third-order valence-electron chi connectivity index (χ3n) is 4.68. The van der Waals surface area contributed by atoms with Crippen molar-refractivity contribution in [2.24, 2.45) is 5.41 Å². The molecule has 1 saturated heterocycles. The fraction of sp³-hybridized carbons (Fsp3) is 0.933. The van der Waals surface area contributed by atoms with E-state index in [1.807, 2.05) is 0 Å². The number of amides is 2. The first-order valence-electron chi connectivity index (χ1n) is 7.98. The first-order chi connectivity index (χ1) is 9.74. The number of urea groups is 1. The number of piperidine rings is 1. The summed E-state index contributed by atoms with van der Waals surface area (Å²) in [4.78, 5) is 12.0. The summed E-state index contributed by atoms with van der Waals surface area (Å²) in [5.74, 6) is 0. The Hall–Kier alpha value is -0.810. The van der Waals surface area contributed by atoms with Crippen LogP contribution in [0.15, 0.2) is 0 Å². The molecule has 2 aliphatic rings. The fourth-order valence-corrected chi connectivity index (χ4v) is 3.39. The van der Waals surface area contributed by atoms with Crippen LogP contribution in [0.3, 0.4) is 0 Å². The molecule has 2 amide bonds. The van der Waals surface area contributed by atoms with Gasteiger partial charge in [0.2, 0.25) is 0 Å². The van der Waals surface area contributed by atoms with Crippen molar-refractivity contribution < 1.29 is 9.53 Å². The van der Waals surface area contributed by atoms with Crippen LogP contribution in [0.5, 0.6) is 0 Å². The summed E-state index contributed by atoms with van der Waals surface area (Å²) in [5.41, 5.74) is 0.101. The first kappa shape index (κ1) is 15.6. The fourth-order valence-electron chi connectivity index (χ4n) is 3.39. The molecule has 2 rings (SSSR count). The van der Waals surface area contributed by atoms with Crippen LogP contribution in [0.1, 0.15) is 44.9 Å². The molecule has 116 valence electrons. The van der Waals surface area contributed by atoms with Crippen LogP contribution in [0, 0.1) is 5.41 Å². The lowest BCUT2D eigenvalue weighted by Gasteiger charge is -2.37. The number of ether oxygens (including phenoxy) is 1. The zero-order valence-electron chi connectivity index (χ0n) is 12.7. The first-order valence-corrected chi connectivity index (χ1v) is 7.98. The minimum atomic E-state index is -0.00842. The summed E-state index contributed by atoms with van der Waals surface area (Å²) in [6, 6.07) is 0.362. The molecular formula is C15H29N3O2. The van der Waals surface area contributed by atoms with Gasteiger partial charge in [-0.15, -0.1) is 0 Å². The van der Waals surface area contributed by atoms with E-state index in [-0.39, 0.29) is 11.4 Å². The second kappa shape index (κ2) is 7.84. The molecule has 0 atom stereocenters. The molecule has 0 unspecified atom stereocenters. The summed E-state index contributed by atoms with van der Waals surface area (Å²) in [7, 11) is 1.74. The highest BCUT2D eigenvalue weighted by atomic mass is 16.5. The molecule has 0 aromatic heterocycles. The number of methoxy groups -OCH3 is 1. The van der Waals surface area contributed by atoms with Crippen molar-refractivity contribution in [2.75, 3.05) is 33.4 Å². The molecule has 0 aromatic rings. The number of nitrogens with one attached hydrogen (secondary N) is 3. The van der Waals surface area contributed by atoms with Crippen LogP contribution in [0.4, 0.5) is 4.79 Å². The monoisotopic (exact) mass is 283 g/mol. The third kappa shape index (κ3) is 4.63. The number of hydrogen-bond donors (Lipinski definition) is 3. The highest BCUT2D eigenvalue weighted by molar-refractivity contribution is 5.74. The minimum Gasteiger partial charge on any atom is -0.384 e. The predicted octanol–water partition coefficient (Wildman–Crippen LogP) is 1.63. The van der Waals surface area contributed by atoms with Gasteiger partial charge in [0.15, 0.2) is 0 Å². The Labute approximate surface area is 122 Å². The lowest BCUT2D eigenvalue weighted by molar-refractivity contribution is 0.0553. The summed E-state index contributed by atoms with van der Waals surface area (Å²) in [6.45, 7) is 3.45. The zero-order valence-corrected chi connectivity index (χ0v) is 12.7. The van der Waals surface area contributed by atoms with Gasteiger partial charge in [-0.2, -0.15) is 0 Å². The van der Waals surface area contributed by atoms with Crippen LogP contribution in [0.25, 0.3) is 0 Å². The molecule has 2 fully saturated rings. The topological polar surface area (TPSA) is 62.4 Å². The van der Waals surface area contributed by atoms with Crippen LogP contribution in [0.2, 0.25) is 0 Å². The normalized spacial score (nSPS) is 23.2. The number of carbonyl (C=O) groups excluding carboxylic acids is 1. The van der Waals surface area contributed by atoms with Crippen LogP contribution in [-0.2, 0) is 4.74 Å². The van der Waals surface area contributed by atoms with E-state index in [2.05, 4.69) is 16.0 Å². The maximum Gasteiger partial charge on any atom is 0.315 e. The number of rotatable bonds is 5. The molecule has 1 aliphatic heterocycles. The largest absolute Gasteiger partial charge is 0.384 e. The van der Waals surface area contributed by atoms with Gasteiger partial charge in [0.25, 0.3) is 0 Å². The van der Waals surface area contributed by atoms with Crippen LogP contribution in [-0.4, -0.2) is 45.4 Å². The van der Waals surface area contributed by atoms with Gasteiger partial charge in [0.05, 0.1) is 6.61 Å². The van der Waals surface area contributed by atoms with Crippen molar-refractivity contribution >= 4 is 6.03 Å². The van der Waals surface area contributed by atoms with Gasteiger partial charge in [-0.05, 0) is 38.8 Å². The Bertz CT molecular complexity index is 292. The second-order valence-corrected chi connectivity index (χ2v) is 6.34. The SMILES string of the molecule is COCC1(CNC(=O)NC2CCCCC2)CCNCC1. The molecule has 0 radical (unpaired) electrons. The van der Waals surface area contributed by atoms with Gasteiger partial charge in [0, 0.05) is 25.1 Å². The van der Waals surface area contributed by atoms with E-state index in [0.29, 0.717) is 12.6 Å². The molecular weight excluding hydrogens is 254 g/mol. The maximum absolute atomic E-state index is 12.0. The Morgan fingerprint density at radius 3 is 2.60 bits per heavy atom. The van der Waals surface area contributed by atoms with Gasteiger partial charge in [-0.1, -0.05) is 19.3 Å². The van der Waals surface area contributed by atoms with Crippen molar-refractivity contribution in [3.8, 4) is 0 Å². The average Bonchev–Trinajstić information content (AvgIpc) is 2.48. The highest BCUT2D eigenvalue weighted by Crippen LogP contribution is 2.28. The molecule has 0 aromatic carbocycles. The maximum atomic E-state index is 12.0. The molecule has 3 N–H and O–H groups in total. The van der Waals surface area contributed by atoms with Crippen molar-refractivity contribution in [1.82, 2.24) is 16.0 Å². The summed E-state index contributed by atoms with van der Waals surface area (Å²) >= 11 is 0. The van der Waals surface area contributed by atoms with Crippen LogP contribution >= 0.6 is 0 Å². The number of hydrogen-bond acceptors (Lipinski definition) is 3. The van der Waals surface area contributed by atoms with Crippen molar-refractivity contribution in [1.29, 1.82) is 0 Å². The van der Waals surface area contributed by atoms with Crippen molar-refractivity contribution in [3.63, 3.8) is 0 Å². The van der Waals surface area contributed by atoms with Crippen LogP contribution < -0.4 is 16.0 Å². The molecule has 1 saturated carbocycles. The zero-order chi connectivity index (χ0) is 14.3. The van der Waals surface area contributed by atoms with E-state index in [9.17, 15) is 4.79 Å². The van der Waals surface area contributed by atoms with E-state index < -0.39 is 0 Å². The van der Waals surface area contributed by atoms with E-state index >= 15 is 0 Å². The van der Waals surface area contributed by atoms with E-state index in [1.54, 1.807) is 7.11 Å². The molecule has 20 heavy (non-hydrogen) atoms. The van der Waals surface area contributed by atoms with Gasteiger partial charge in [0.1, 0.15) is 0 Å². The molecule has 0 spiro atoms. The van der Waals surface area contributed by atoms with E-state index in [4.69, 9.17) is 4.74 Å². The van der Waals surface area contributed by atoms with E-state index in [0.717, 1.165) is 45.4 Å². The second-order valence-electron chi connectivity index (χ2n) is 6.34. The van der Waals surface area contributed by atoms with Gasteiger partial charge >= 0.3 is 6.03 Å². The van der Waals surface area contributed by atoms with Gasteiger partial charge in [-0.3, -0.25) is 0 Å². The smallest absolute Gasteiger partial charge is 0.315 e. The Kier molecular flexibility index (Phi) is 6.10. The summed E-state index contributed by atoms with van der Waals surface area (Å²) in [6.07, 6.45) is 8.16. The summed E-state index contributed by atoms with van der Waals surface area (Å²) in [5, 5.41) is 9.55. The molecule has 1 heterocycles. The molecule has 5 heteroatoms. The Balaban J connectivity index is 1.74. The Morgan fingerprint density at radius 1 is 1.25 bits per heavy atom. The van der Waals surface area contributed by atoms with Gasteiger partial charge < -0.3 is 20.7 Å². The van der Waals surface area contributed by atoms with E-state index in [1.165, 1.54) is 19.3 Å². The highest BCUT2D eigenvalue weighted by Gasteiger charge is 2.32. The predicted molar refractivity (Wildman–Crippen MR) is 79.8 cm³/mol. The van der Waals surface area contributed by atoms with Crippen molar-refractivity contribution in [2.45, 2.75) is 51.0 Å².